The Bertz CT molecular complexity index is 1210. The van der Waals surface area contributed by atoms with Crippen LogP contribution < -0.4 is 4.80 Å². The minimum atomic E-state index is -3.57. The van der Waals surface area contributed by atoms with Gasteiger partial charge in [-0.1, -0.05) is 42.3 Å². The van der Waals surface area contributed by atoms with Crippen LogP contribution in [0.1, 0.15) is 30.1 Å². The van der Waals surface area contributed by atoms with Gasteiger partial charge in [0.25, 0.3) is 5.91 Å². The quantitative estimate of drug-likeness (QED) is 0.567. The number of aryl methyl sites for hydroxylation is 1. The van der Waals surface area contributed by atoms with Gasteiger partial charge in [0.1, 0.15) is 0 Å². The van der Waals surface area contributed by atoms with Crippen molar-refractivity contribution in [2.75, 3.05) is 13.6 Å². The molecule has 0 saturated heterocycles. The van der Waals surface area contributed by atoms with Crippen molar-refractivity contribution in [3.8, 4) is 0 Å². The van der Waals surface area contributed by atoms with E-state index in [9.17, 15) is 13.2 Å². The Labute approximate surface area is 179 Å². The SMILES string of the molecule is CCCCN(C)S(=O)(=O)c1ccc(C(=O)N=c2sc3cccc(Cl)c3n2C)cc1. The lowest BCUT2D eigenvalue weighted by atomic mass is 10.2. The third kappa shape index (κ3) is 4.45. The molecule has 0 N–H and O–H groups in total. The Kier molecular flexibility index (Phi) is 6.58. The maximum atomic E-state index is 12.6. The molecule has 9 heteroatoms. The Morgan fingerprint density at radius 1 is 1.21 bits per heavy atom. The first-order chi connectivity index (χ1) is 13.8. The first-order valence-corrected chi connectivity index (χ1v) is 11.8. The summed E-state index contributed by atoms with van der Waals surface area (Å²) in [7, 11) is -0.201. The van der Waals surface area contributed by atoms with E-state index in [4.69, 9.17) is 11.6 Å². The molecular weight excluding hydrogens is 430 g/mol. The maximum Gasteiger partial charge on any atom is 0.279 e. The van der Waals surface area contributed by atoms with E-state index in [0.29, 0.717) is 21.9 Å². The highest BCUT2D eigenvalue weighted by Gasteiger charge is 2.20. The molecule has 0 aliphatic carbocycles. The summed E-state index contributed by atoms with van der Waals surface area (Å²) in [4.78, 5) is 17.5. The number of carbonyl (C=O) groups is 1. The van der Waals surface area contributed by atoms with Gasteiger partial charge in [0, 0.05) is 26.2 Å². The number of benzene rings is 2. The molecule has 0 bridgehead atoms. The lowest BCUT2D eigenvalue weighted by molar-refractivity contribution is 0.0998. The Balaban J connectivity index is 1.89. The van der Waals surface area contributed by atoms with E-state index in [1.807, 2.05) is 19.1 Å². The second-order valence-corrected chi connectivity index (χ2v) is 10.1. The summed E-state index contributed by atoms with van der Waals surface area (Å²) >= 11 is 7.61. The first-order valence-electron chi connectivity index (χ1n) is 9.15. The molecule has 6 nitrogen and oxygen atoms in total. The zero-order valence-corrected chi connectivity index (χ0v) is 18.8. The van der Waals surface area contributed by atoms with Gasteiger partial charge >= 0.3 is 0 Å². The van der Waals surface area contributed by atoms with Gasteiger partial charge in [-0.05, 0) is 42.8 Å². The lowest BCUT2D eigenvalue weighted by Crippen LogP contribution is -2.27. The van der Waals surface area contributed by atoms with Gasteiger partial charge < -0.3 is 4.57 Å². The van der Waals surface area contributed by atoms with Crippen LogP contribution in [-0.4, -0.2) is 36.8 Å². The average molecular weight is 452 g/mol. The predicted molar refractivity (Wildman–Crippen MR) is 117 cm³/mol. The molecule has 0 spiro atoms. The van der Waals surface area contributed by atoms with Crippen molar-refractivity contribution in [2.45, 2.75) is 24.7 Å². The third-order valence-electron chi connectivity index (χ3n) is 4.61. The van der Waals surface area contributed by atoms with Crippen molar-refractivity contribution in [2.24, 2.45) is 12.0 Å². The number of hydrogen-bond donors (Lipinski definition) is 0. The average Bonchev–Trinajstić information content (AvgIpc) is 3.02. The Morgan fingerprint density at radius 3 is 2.52 bits per heavy atom. The molecular formula is C20H22ClN3O3S2. The molecule has 1 heterocycles. The number of rotatable bonds is 6. The summed E-state index contributed by atoms with van der Waals surface area (Å²) in [6, 6.07) is 11.4. The molecule has 0 radical (unpaired) electrons. The monoisotopic (exact) mass is 451 g/mol. The van der Waals surface area contributed by atoms with Gasteiger partial charge in [-0.25, -0.2) is 12.7 Å². The van der Waals surface area contributed by atoms with Gasteiger partial charge in [0.2, 0.25) is 10.0 Å². The summed E-state index contributed by atoms with van der Waals surface area (Å²) < 4.78 is 29.2. The number of hydrogen-bond acceptors (Lipinski definition) is 4. The number of fused-ring (bicyclic) bond motifs is 1. The predicted octanol–water partition coefficient (Wildman–Crippen LogP) is 4.05. The number of amides is 1. The van der Waals surface area contributed by atoms with E-state index in [2.05, 4.69) is 4.99 Å². The van der Waals surface area contributed by atoms with E-state index in [-0.39, 0.29) is 4.90 Å². The van der Waals surface area contributed by atoms with E-state index in [0.717, 1.165) is 23.1 Å². The number of carbonyl (C=O) groups excluding carboxylic acids is 1. The highest BCUT2D eigenvalue weighted by atomic mass is 35.5. The van der Waals surface area contributed by atoms with Gasteiger partial charge in [0.15, 0.2) is 4.80 Å². The fourth-order valence-electron chi connectivity index (χ4n) is 2.87. The summed E-state index contributed by atoms with van der Waals surface area (Å²) in [6.45, 7) is 2.47. The highest BCUT2D eigenvalue weighted by molar-refractivity contribution is 7.89. The minimum Gasteiger partial charge on any atom is -0.318 e. The molecule has 0 atom stereocenters. The summed E-state index contributed by atoms with van der Waals surface area (Å²) in [5.41, 5.74) is 1.14. The van der Waals surface area contributed by atoms with Gasteiger partial charge in [0.05, 0.1) is 20.1 Å². The number of thiazole rings is 1. The van der Waals surface area contributed by atoms with Crippen LogP contribution in [0.25, 0.3) is 10.2 Å². The van der Waals surface area contributed by atoms with Crippen LogP contribution in [0, 0.1) is 0 Å². The summed E-state index contributed by atoms with van der Waals surface area (Å²) in [6.07, 6.45) is 1.70. The molecule has 3 aromatic rings. The largest absolute Gasteiger partial charge is 0.318 e. The van der Waals surface area contributed by atoms with Crippen molar-refractivity contribution in [3.63, 3.8) is 0 Å². The summed E-state index contributed by atoms with van der Waals surface area (Å²) in [5, 5.41) is 0.594. The molecule has 1 aromatic heterocycles. The van der Waals surface area contributed by atoms with E-state index in [1.165, 1.54) is 39.9 Å². The molecule has 0 aliphatic rings. The number of para-hydroxylation sites is 1. The van der Waals surface area contributed by atoms with Crippen molar-refractivity contribution in [3.05, 3.63) is 57.9 Å². The van der Waals surface area contributed by atoms with Gasteiger partial charge in [-0.3, -0.25) is 4.79 Å². The number of sulfonamides is 1. The molecule has 2 aromatic carbocycles. The molecule has 0 aliphatic heterocycles. The van der Waals surface area contributed by atoms with Crippen molar-refractivity contribution in [1.82, 2.24) is 8.87 Å². The zero-order valence-electron chi connectivity index (χ0n) is 16.4. The van der Waals surface area contributed by atoms with Crippen LogP contribution in [0.2, 0.25) is 5.02 Å². The number of halogens is 1. The highest BCUT2D eigenvalue weighted by Crippen LogP contribution is 2.24. The van der Waals surface area contributed by atoms with Gasteiger partial charge in [-0.15, -0.1) is 0 Å². The number of unbranched alkanes of at least 4 members (excludes halogenated alkanes) is 1. The molecule has 0 fully saturated rings. The normalized spacial score (nSPS) is 12.8. The van der Waals surface area contributed by atoms with Gasteiger partial charge in [-0.2, -0.15) is 4.99 Å². The molecule has 0 unspecified atom stereocenters. The molecule has 154 valence electrons. The Morgan fingerprint density at radius 2 is 1.90 bits per heavy atom. The fraction of sp³-hybridized carbons (Fsp3) is 0.300. The second-order valence-electron chi connectivity index (χ2n) is 6.65. The maximum absolute atomic E-state index is 12.6. The summed E-state index contributed by atoms with van der Waals surface area (Å²) in [5.74, 6) is -0.438. The fourth-order valence-corrected chi connectivity index (χ4v) is 5.48. The molecule has 29 heavy (non-hydrogen) atoms. The van der Waals surface area contributed by atoms with E-state index in [1.54, 1.807) is 24.7 Å². The number of nitrogens with zero attached hydrogens (tertiary/aromatic N) is 3. The van der Waals surface area contributed by atoms with Crippen molar-refractivity contribution < 1.29 is 13.2 Å². The molecule has 3 rings (SSSR count). The minimum absolute atomic E-state index is 0.159. The van der Waals surface area contributed by atoms with E-state index < -0.39 is 15.9 Å². The lowest BCUT2D eigenvalue weighted by Gasteiger charge is -2.16. The second kappa shape index (κ2) is 8.79. The number of aromatic nitrogens is 1. The first kappa shape index (κ1) is 21.7. The van der Waals surface area contributed by atoms with E-state index >= 15 is 0 Å². The van der Waals surface area contributed by atoms with Crippen LogP contribution in [-0.2, 0) is 17.1 Å². The molecule has 0 saturated carbocycles. The zero-order chi connectivity index (χ0) is 21.2. The van der Waals surface area contributed by atoms with Crippen molar-refractivity contribution >= 4 is 49.1 Å². The standard InChI is InChI=1S/C20H22ClN3O3S2/c1-4-5-13-23(2)29(26,27)15-11-9-14(10-12-15)19(25)22-20-24(3)18-16(21)7-6-8-17(18)28-20/h6-12H,4-5,13H2,1-3H3. The smallest absolute Gasteiger partial charge is 0.279 e. The van der Waals surface area contributed by atoms with Crippen LogP contribution in [0.5, 0.6) is 0 Å². The topological polar surface area (TPSA) is 71.7 Å². The Hall–Kier alpha value is -2.00. The van der Waals surface area contributed by atoms with Crippen LogP contribution in [0.3, 0.4) is 0 Å². The van der Waals surface area contributed by atoms with Crippen LogP contribution in [0.4, 0.5) is 0 Å². The van der Waals surface area contributed by atoms with Crippen LogP contribution in [0.15, 0.2) is 52.4 Å². The van der Waals surface area contributed by atoms with Crippen molar-refractivity contribution in [1.29, 1.82) is 0 Å². The van der Waals surface area contributed by atoms with Crippen LogP contribution >= 0.6 is 22.9 Å². The third-order valence-corrected chi connectivity index (χ3v) is 7.88. The molecule has 1 amide bonds.